The zero-order valence-electron chi connectivity index (χ0n) is 11.7. The van der Waals surface area contributed by atoms with Crippen LogP contribution in [0.2, 0.25) is 0 Å². The highest BCUT2D eigenvalue weighted by molar-refractivity contribution is 9.09. The summed E-state index contributed by atoms with van der Waals surface area (Å²) in [6.45, 7) is 4.64. The number of halogens is 1. The topological polar surface area (TPSA) is 0 Å². The lowest BCUT2D eigenvalue weighted by Crippen LogP contribution is -2.07. The number of fused-ring (bicyclic) bond motifs is 1. The molecule has 2 rings (SSSR count). The zero-order valence-corrected chi connectivity index (χ0v) is 13.3. The number of unbranched alkanes of at least 4 members (excludes halogenated alkanes) is 1. The fourth-order valence-corrected chi connectivity index (χ4v) is 3.47. The van der Waals surface area contributed by atoms with Crippen LogP contribution in [0.1, 0.15) is 67.5 Å². The van der Waals surface area contributed by atoms with Crippen molar-refractivity contribution in [3.8, 4) is 0 Å². The maximum atomic E-state index is 3.91. The molecule has 0 N–H and O–H groups in total. The Labute approximate surface area is 120 Å². The first kappa shape index (κ1) is 14.1. The normalized spacial score (nSPS) is 18.2. The van der Waals surface area contributed by atoms with Crippen LogP contribution in [0.3, 0.4) is 0 Å². The zero-order chi connectivity index (χ0) is 13.0. The van der Waals surface area contributed by atoms with Crippen molar-refractivity contribution in [3.63, 3.8) is 0 Å². The highest BCUT2D eigenvalue weighted by atomic mass is 79.9. The molecule has 0 fully saturated rings. The Hall–Kier alpha value is -0.300. The molecule has 0 amide bonds. The second-order valence-corrected chi connectivity index (χ2v) is 6.74. The van der Waals surface area contributed by atoms with Gasteiger partial charge in [0.15, 0.2) is 0 Å². The average molecular weight is 309 g/mol. The van der Waals surface area contributed by atoms with Crippen LogP contribution in [0, 0.1) is 5.92 Å². The number of rotatable bonds is 5. The third kappa shape index (κ3) is 3.38. The first-order valence-corrected chi connectivity index (χ1v) is 8.39. The SMILES string of the molecule is CCCCC(C)C(Br)c1ccc2c(c1)CCCC2. The largest absolute Gasteiger partial charge is 0.0836 e. The van der Waals surface area contributed by atoms with E-state index in [0.29, 0.717) is 4.83 Å². The van der Waals surface area contributed by atoms with E-state index in [1.54, 1.807) is 11.1 Å². The van der Waals surface area contributed by atoms with Crippen molar-refractivity contribution in [3.05, 3.63) is 34.9 Å². The molecule has 1 aliphatic rings. The molecular formula is C17H25Br. The molecule has 18 heavy (non-hydrogen) atoms. The summed E-state index contributed by atoms with van der Waals surface area (Å²) < 4.78 is 0. The third-order valence-corrected chi connectivity index (χ3v) is 5.63. The summed E-state index contributed by atoms with van der Waals surface area (Å²) in [4.78, 5) is 0.524. The molecule has 0 aromatic heterocycles. The van der Waals surface area contributed by atoms with Crippen LogP contribution >= 0.6 is 15.9 Å². The van der Waals surface area contributed by atoms with Gasteiger partial charge in [0.05, 0.1) is 0 Å². The van der Waals surface area contributed by atoms with Gasteiger partial charge < -0.3 is 0 Å². The maximum absolute atomic E-state index is 3.91. The fourth-order valence-electron chi connectivity index (χ4n) is 2.93. The van der Waals surface area contributed by atoms with E-state index in [-0.39, 0.29) is 0 Å². The van der Waals surface area contributed by atoms with Crippen LogP contribution in [0.25, 0.3) is 0 Å². The Kier molecular flexibility index (Phi) is 5.29. The van der Waals surface area contributed by atoms with E-state index in [9.17, 15) is 0 Å². The standard InChI is InChI=1S/C17H25Br/c1-3-4-7-13(2)17(18)16-11-10-14-8-5-6-9-15(14)12-16/h10-13,17H,3-9H2,1-2H3. The van der Waals surface area contributed by atoms with Crippen molar-refractivity contribution >= 4 is 15.9 Å². The molecule has 0 nitrogen and oxygen atoms in total. The predicted octanol–water partition coefficient (Wildman–Crippen LogP) is 5.83. The van der Waals surface area contributed by atoms with Crippen LogP contribution in [-0.2, 0) is 12.8 Å². The predicted molar refractivity (Wildman–Crippen MR) is 83.4 cm³/mol. The van der Waals surface area contributed by atoms with E-state index in [0.717, 1.165) is 5.92 Å². The smallest absolute Gasteiger partial charge is 0.0420 e. The first-order chi connectivity index (χ1) is 8.72. The monoisotopic (exact) mass is 308 g/mol. The van der Waals surface area contributed by atoms with Gasteiger partial charge in [0.2, 0.25) is 0 Å². The molecule has 0 saturated heterocycles. The van der Waals surface area contributed by atoms with Crippen molar-refractivity contribution in [2.75, 3.05) is 0 Å². The Bertz CT molecular complexity index is 383. The lowest BCUT2D eigenvalue weighted by molar-refractivity contribution is 0.500. The van der Waals surface area contributed by atoms with Gasteiger partial charge in [-0.1, -0.05) is 60.8 Å². The Balaban J connectivity index is 2.08. The number of hydrogen-bond acceptors (Lipinski definition) is 0. The number of hydrogen-bond donors (Lipinski definition) is 0. The van der Waals surface area contributed by atoms with Crippen molar-refractivity contribution in [1.82, 2.24) is 0 Å². The minimum Gasteiger partial charge on any atom is -0.0836 e. The average Bonchev–Trinajstić information content (AvgIpc) is 2.43. The van der Waals surface area contributed by atoms with Crippen LogP contribution in [-0.4, -0.2) is 0 Å². The van der Waals surface area contributed by atoms with Crippen LogP contribution < -0.4 is 0 Å². The number of alkyl halides is 1. The first-order valence-electron chi connectivity index (χ1n) is 7.48. The Morgan fingerprint density at radius 3 is 2.61 bits per heavy atom. The summed E-state index contributed by atoms with van der Waals surface area (Å²) in [6.07, 6.45) is 9.28. The second kappa shape index (κ2) is 6.75. The number of aryl methyl sites for hydroxylation is 2. The maximum Gasteiger partial charge on any atom is 0.0420 e. The van der Waals surface area contributed by atoms with E-state index in [2.05, 4.69) is 48.0 Å². The highest BCUT2D eigenvalue weighted by Crippen LogP contribution is 2.35. The van der Waals surface area contributed by atoms with E-state index in [4.69, 9.17) is 0 Å². The molecule has 0 radical (unpaired) electrons. The van der Waals surface area contributed by atoms with Crippen molar-refractivity contribution in [2.24, 2.45) is 5.92 Å². The Morgan fingerprint density at radius 1 is 1.17 bits per heavy atom. The fraction of sp³-hybridized carbons (Fsp3) is 0.647. The van der Waals surface area contributed by atoms with Gasteiger partial charge in [-0.05, 0) is 54.7 Å². The van der Waals surface area contributed by atoms with Gasteiger partial charge in [0.1, 0.15) is 0 Å². The molecular weight excluding hydrogens is 284 g/mol. The van der Waals surface area contributed by atoms with E-state index >= 15 is 0 Å². The minimum absolute atomic E-state index is 0.524. The van der Waals surface area contributed by atoms with E-state index in [1.807, 2.05) is 0 Å². The summed E-state index contributed by atoms with van der Waals surface area (Å²) in [5.74, 6) is 0.728. The molecule has 1 aromatic carbocycles. The minimum atomic E-state index is 0.524. The molecule has 0 heterocycles. The van der Waals surface area contributed by atoms with Crippen LogP contribution in [0.15, 0.2) is 18.2 Å². The van der Waals surface area contributed by atoms with Gasteiger partial charge >= 0.3 is 0 Å². The van der Waals surface area contributed by atoms with Crippen molar-refractivity contribution < 1.29 is 0 Å². The second-order valence-electron chi connectivity index (χ2n) is 5.76. The third-order valence-electron chi connectivity index (χ3n) is 4.20. The molecule has 1 heteroatoms. The van der Waals surface area contributed by atoms with Crippen molar-refractivity contribution in [2.45, 2.75) is 63.6 Å². The molecule has 0 bridgehead atoms. The number of benzene rings is 1. The van der Waals surface area contributed by atoms with Crippen LogP contribution in [0.4, 0.5) is 0 Å². The lowest BCUT2D eigenvalue weighted by atomic mass is 9.88. The molecule has 0 aliphatic heterocycles. The van der Waals surface area contributed by atoms with Gasteiger partial charge in [-0.15, -0.1) is 0 Å². The summed E-state index contributed by atoms with van der Waals surface area (Å²) in [6, 6.07) is 7.16. The summed E-state index contributed by atoms with van der Waals surface area (Å²) in [5, 5.41) is 0. The Morgan fingerprint density at radius 2 is 1.89 bits per heavy atom. The molecule has 0 saturated carbocycles. The molecule has 2 unspecified atom stereocenters. The lowest BCUT2D eigenvalue weighted by Gasteiger charge is -2.22. The van der Waals surface area contributed by atoms with Gasteiger partial charge in [-0.2, -0.15) is 0 Å². The van der Waals surface area contributed by atoms with E-state index < -0.39 is 0 Å². The van der Waals surface area contributed by atoms with Crippen LogP contribution in [0.5, 0.6) is 0 Å². The molecule has 2 atom stereocenters. The van der Waals surface area contributed by atoms with Crippen molar-refractivity contribution in [1.29, 1.82) is 0 Å². The van der Waals surface area contributed by atoms with Gasteiger partial charge in [0.25, 0.3) is 0 Å². The highest BCUT2D eigenvalue weighted by Gasteiger charge is 2.18. The van der Waals surface area contributed by atoms with Gasteiger partial charge in [-0.25, -0.2) is 0 Å². The van der Waals surface area contributed by atoms with Gasteiger partial charge in [0, 0.05) is 4.83 Å². The summed E-state index contributed by atoms with van der Waals surface area (Å²) >= 11 is 3.91. The van der Waals surface area contributed by atoms with Gasteiger partial charge in [-0.3, -0.25) is 0 Å². The molecule has 0 spiro atoms. The quantitative estimate of drug-likeness (QED) is 0.600. The molecule has 1 aromatic rings. The molecule has 1 aliphatic carbocycles. The summed E-state index contributed by atoms with van der Waals surface area (Å²) in [7, 11) is 0. The summed E-state index contributed by atoms with van der Waals surface area (Å²) in [5.41, 5.74) is 4.68. The van der Waals surface area contributed by atoms with E-state index in [1.165, 1.54) is 50.5 Å². The molecule has 100 valence electrons.